The highest BCUT2D eigenvalue weighted by atomic mass is 32.1. The van der Waals surface area contributed by atoms with Gasteiger partial charge in [0.05, 0.1) is 36.5 Å². The van der Waals surface area contributed by atoms with Gasteiger partial charge in [0.1, 0.15) is 11.5 Å². The van der Waals surface area contributed by atoms with Crippen LogP contribution in [0.25, 0.3) is 10.2 Å². The second-order valence-electron chi connectivity index (χ2n) is 5.13. The first-order valence-electron chi connectivity index (χ1n) is 7.51. The van der Waals surface area contributed by atoms with Crippen LogP contribution >= 0.6 is 11.3 Å². The summed E-state index contributed by atoms with van der Waals surface area (Å²) in [6.07, 6.45) is 5.49. The van der Waals surface area contributed by atoms with Crippen molar-refractivity contribution in [3.05, 3.63) is 52.8 Å². The molecule has 1 heterocycles. The highest BCUT2D eigenvalue weighted by Gasteiger charge is 2.13. The quantitative estimate of drug-likeness (QED) is 0.678. The predicted octanol–water partition coefficient (Wildman–Crippen LogP) is 3.09. The Morgan fingerprint density at radius 3 is 2.76 bits per heavy atom. The number of hydrogen-bond acceptors (Lipinski definition) is 4. The van der Waals surface area contributed by atoms with Crippen LogP contribution in [0, 0.1) is 12.3 Å². The fraction of sp³-hybridized carbons (Fsp3) is 0.158. The molecular weight excluding hydrogens is 336 g/mol. The number of terminal acetylenes is 1. The summed E-state index contributed by atoms with van der Waals surface area (Å²) in [5.41, 5.74) is 1.32. The molecule has 1 amide bonds. The van der Waals surface area contributed by atoms with Gasteiger partial charge in [-0.15, -0.1) is 6.42 Å². The lowest BCUT2D eigenvalue weighted by molar-refractivity contribution is 0.0995. The maximum absolute atomic E-state index is 12.6. The summed E-state index contributed by atoms with van der Waals surface area (Å²) in [5, 5.41) is 0. The number of methoxy groups -OCH3 is 2. The smallest absolute Gasteiger partial charge is 0.283 e. The van der Waals surface area contributed by atoms with E-state index in [4.69, 9.17) is 15.9 Å². The van der Waals surface area contributed by atoms with Crippen molar-refractivity contribution >= 4 is 27.5 Å². The number of amides is 1. The number of carbonyl (C=O) groups is 1. The van der Waals surface area contributed by atoms with Crippen LogP contribution in [-0.4, -0.2) is 24.7 Å². The number of hydrogen-bond donors (Lipinski definition) is 0. The summed E-state index contributed by atoms with van der Waals surface area (Å²) in [7, 11) is 3.14. The molecule has 0 unspecified atom stereocenters. The summed E-state index contributed by atoms with van der Waals surface area (Å²) >= 11 is 1.39. The summed E-state index contributed by atoms with van der Waals surface area (Å²) in [6.45, 7) is 0.324. The average Bonchev–Trinajstić information content (AvgIpc) is 2.98. The monoisotopic (exact) mass is 352 g/mol. The number of thiazole rings is 1. The Hall–Kier alpha value is -3.04. The molecule has 0 aliphatic carbocycles. The van der Waals surface area contributed by atoms with Crippen LogP contribution in [0.4, 0.5) is 0 Å². The van der Waals surface area contributed by atoms with Gasteiger partial charge < -0.3 is 14.0 Å². The van der Waals surface area contributed by atoms with Crippen molar-refractivity contribution in [3.8, 4) is 23.8 Å². The maximum Gasteiger partial charge on any atom is 0.283 e. The molecule has 0 fully saturated rings. The Bertz CT molecular complexity index is 1040. The second kappa shape index (κ2) is 7.24. The van der Waals surface area contributed by atoms with Gasteiger partial charge in [0, 0.05) is 0 Å². The molecule has 3 aromatic rings. The molecule has 1 aromatic heterocycles. The van der Waals surface area contributed by atoms with Gasteiger partial charge >= 0.3 is 0 Å². The van der Waals surface area contributed by atoms with Gasteiger partial charge in [-0.2, -0.15) is 4.99 Å². The number of nitrogens with zero attached hydrogens (tertiary/aromatic N) is 2. The van der Waals surface area contributed by atoms with Crippen LogP contribution in [0.3, 0.4) is 0 Å². The van der Waals surface area contributed by atoms with Crippen LogP contribution < -0.4 is 14.3 Å². The van der Waals surface area contributed by atoms with Crippen molar-refractivity contribution in [2.24, 2.45) is 4.99 Å². The molecule has 0 radical (unpaired) electrons. The fourth-order valence-electron chi connectivity index (χ4n) is 2.48. The van der Waals surface area contributed by atoms with Crippen LogP contribution in [0.1, 0.15) is 10.4 Å². The molecule has 0 saturated carbocycles. The lowest BCUT2D eigenvalue weighted by Gasteiger charge is -2.04. The molecule has 2 aromatic carbocycles. The van der Waals surface area contributed by atoms with Crippen LogP contribution in [0.2, 0.25) is 0 Å². The first kappa shape index (κ1) is 16.8. The molecule has 5 nitrogen and oxygen atoms in total. The Morgan fingerprint density at radius 2 is 2.04 bits per heavy atom. The lowest BCUT2D eigenvalue weighted by atomic mass is 10.2. The van der Waals surface area contributed by atoms with Crippen molar-refractivity contribution < 1.29 is 14.3 Å². The van der Waals surface area contributed by atoms with Gasteiger partial charge in [0.25, 0.3) is 5.91 Å². The number of aromatic nitrogens is 1. The maximum atomic E-state index is 12.6. The molecule has 0 aliphatic heterocycles. The van der Waals surface area contributed by atoms with E-state index in [1.165, 1.54) is 18.4 Å². The summed E-state index contributed by atoms with van der Waals surface area (Å²) < 4.78 is 13.3. The number of benzene rings is 2. The number of fused-ring (bicyclic) bond motifs is 1. The van der Waals surface area contributed by atoms with E-state index < -0.39 is 0 Å². The minimum absolute atomic E-state index is 0.324. The molecule has 0 saturated heterocycles. The van der Waals surface area contributed by atoms with Crippen molar-refractivity contribution in [1.82, 2.24) is 4.57 Å². The van der Waals surface area contributed by atoms with E-state index in [-0.39, 0.29) is 5.91 Å². The van der Waals surface area contributed by atoms with E-state index in [2.05, 4.69) is 10.9 Å². The van der Waals surface area contributed by atoms with Crippen LogP contribution in [0.5, 0.6) is 11.5 Å². The van der Waals surface area contributed by atoms with E-state index in [0.717, 1.165) is 16.0 Å². The van der Waals surface area contributed by atoms with Gasteiger partial charge in [-0.05, 0) is 30.3 Å². The van der Waals surface area contributed by atoms with Crippen molar-refractivity contribution in [2.45, 2.75) is 6.54 Å². The van der Waals surface area contributed by atoms with Crippen molar-refractivity contribution in [2.75, 3.05) is 14.2 Å². The summed E-state index contributed by atoms with van der Waals surface area (Å²) in [5.74, 6) is 3.46. The molecular formula is C19H16N2O3S. The first-order valence-corrected chi connectivity index (χ1v) is 8.32. The number of rotatable bonds is 4. The minimum atomic E-state index is -0.373. The zero-order chi connectivity index (χ0) is 17.8. The van der Waals surface area contributed by atoms with E-state index in [9.17, 15) is 4.79 Å². The molecule has 3 rings (SSSR count). The molecule has 0 spiro atoms. The Labute approximate surface area is 149 Å². The third kappa shape index (κ3) is 3.28. The van der Waals surface area contributed by atoms with Gasteiger partial charge in [-0.25, -0.2) is 0 Å². The normalized spacial score (nSPS) is 11.3. The molecule has 0 aliphatic rings. The van der Waals surface area contributed by atoms with E-state index in [0.29, 0.717) is 22.7 Å². The Kier molecular flexibility index (Phi) is 4.87. The molecule has 126 valence electrons. The summed E-state index contributed by atoms with van der Waals surface area (Å²) in [6, 6.07) is 12.7. The predicted molar refractivity (Wildman–Crippen MR) is 98.1 cm³/mol. The molecule has 25 heavy (non-hydrogen) atoms. The molecule has 0 N–H and O–H groups in total. The largest absolute Gasteiger partial charge is 0.497 e. The van der Waals surface area contributed by atoms with Crippen molar-refractivity contribution in [3.63, 3.8) is 0 Å². The zero-order valence-electron chi connectivity index (χ0n) is 13.9. The number of para-hydroxylation sites is 1. The zero-order valence-corrected chi connectivity index (χ0v) is 14.7. The Balaban J connectivity index is 2.16. The SMILES string of the molecule is C#CCn1c(=NC(=O)c2ccccc2OC)sc2cc(OC)ccc21. The first-order chi connectivity index (χ1) is 12.2. The van der Waals surface area contributed by atoms with E-state index in [1.807, 2.05) is 22.8 Å². The minimum Gasteiger partial charge on any atom is -0.497 e. The van der Waals surface area contributed by atoms with Crippen LogP contribution in [-0.2, 0) is 6.54 Å². The Morgan fingerprint density at radius 1 is 1.24 bits per heavy atom. The molecule has 0 bridgehead atoms. The third-order valence-electron chi connectivity index (χ3n) is 3.67. The lowest BCUT2D eigenvalue weighted by Crippen LogP contribution is -2.16. The van der Waals surface area contributed by atoms with E-state index in [1.54, 1.807) is 31.4 Å². The van der Waals surface area contributed by atoms with Gasteiger partial charge in [-0.1, -0.05) is 29.4 Å². The van der Waals surface area contributed by atoms with E-state index >= 15 is 0 Å². The fourth-order valence-corrected chi connectivity index (χ4v) is 3.53. The second-order valence-corrected chi connectivity index (χ2v) is 6.13. The highest BCUT2D eigenvalue weighted by Crippen LogP contribution is 2.23. The van der Waals surface area contributed by atoms with Gasteiger partial charge in [-0.3, -0.25) is 4.79 Å². The third-order valence-corrected chi connectivity index (χ3v) is 4.72. The number of carbonyl (C=O) groups excluding carboxylic acids is 1. The number of ether oxygens (including phenoxy) is 2. The highest BCUT2D eigenvalue weighted by molar-refractivity contribution is 7.16. The molecule has 0 atom stereocenters. The summed E-state index contributed by atoms with van der Waals surface area (Å²) in [4.78, 5) is 17.4. The van der Waals surface area contributed by atoms with Crippen LogP contribution in [0.15, 0.2) is 47.5 Å². The average molecular weight is 352 g/mol. The standard InChI is InChI=1S/C19H16N2O3S/c1-4-11-21-15-10-9-13(23-2)12-17(15)25-19(21)20-18(22)14-7-5-6-8-16(14)24-3/h1,5-10,12H,11H2,2-3H3. The topological polar surface area (TPSA) is 52.8 Å². The van der Waals surface area contributed by atoms with Crippen molar-refractivity contribution in [1.29, 1.82) is 0 Å². The van der Waals surface area contributed by atoms with Gasteiger partial charge in [0.2, 0.25) is 0 Å². The van der Waals surface area contributed by atoms with Gasteiger partial charge in [0.15, 0.2) is 4.80 Å². The molecule has 6 heteroatoms.